The monoisotopic (exact) mass is 655 g/mol. The number of ketones is 1. The van der Waals surface area contributed by atoms with Crippen molar-refractivity contribution in [1.29, 1.82) is 0 Å². The van der Waals surface area contributed by atoms with Crippen molar-refractivity contribution < 1.29 is 27.8 Å². The lowest BCUT2D eigenvalue weighted by atomic mass is 10.0. The Hall–Kier alpha value is -5.20. The molecule has 0 bridgehead atoms. The Kier molecular flexibility index (Phi) is 10.0. The summed E-state index contributed by atoms with van der Waals surface area (Å²) in [5.41, 5.74) is 0.475. The molecule has 0 atom stereocenters. The first kappa shape index (κ1) is 32.7. The standard InChI is InChI=1S/C36H35F2N5O5/c1-41-15-17-42(18-16-41)14-3-19-47-35-23-30-28(22-34(35)46-2)32(11-12-39-30)48-33-9-4-24(20-29(33)38)21-31(44)27-10-13-40-43(36(27)45)26-7-5-25(37)6-8-26/h4-13,20,22-23H,3,14-19,21H2,1-2H3. The van der Waals surface area contributed by atoms with E-state index in [0.29, 0.717) is 46.0 Å². The van der Waals surface area contributed by atoms with Gasteiger partial charge in [0.1, 0.15) is 11.6 Å². The van der Waals surface area contributed by atoms with Crippen molar-refractivity contribution in [2.45, 2.75) is 12.8 Å². The number of Topliss-reactive ketones (excluding diaryl/α,β-unsaturated/α-hetero) is 1. The van der Waals surface area contributed by atoms with E-state index in [2.05, 4.69) is 26.9 Å². The van der Waals surface area contributed by atoms with E-state index >= 15 is 4.39 Å². The molecule has 0 spiro atoms. The molecule has 10 nitrogen and oxygen atoms in total. The number of benzene rings is 3. The van der Waals surface area contributed by atoms with Crippen molar-refractivity contribution in [3.05, 3.63) is 112 Å². The number of carbonyl (C=O) groups is 1. The number of hydrogen-bond acceptors (Lipinski definition) is 9. The highest BCUT2D eigenvalue weighted by atomic mass is 19.1. The summed E-state index contributed by atoms with van der Waals surface area (Å²) in [6.45, 7) is 5.73. The zero-order valence-electron chi connectivity index (χ0n) is 26.7. The van der Waals surface area contributed by atoms with E-state index in [-0.39, 0.29) is 17.7 Å². The largest absolute Gasteiger partial charge is 0.493 e. The average molecular weight is 656 g/mol. The molecule has 0 amide bonds. The fraction of sp³-hybridized carbons (Fsp3) is 0.278. The molecule has 1 saturated heterocycles. The summed E-state index contributed by atoms with van der Waals surface area (Å²) in [7, 11) is 3.69. The Morgan fingerprint density at radius 1 is 0.875 bits per heavy atom. The molecule has 0 radical (unpaired) electrons. The van der Waals surface area contributed by atoms with E-state index in [1.165, 1.54) is 48.7 Å². The lowest BCUT2D eigenvalue weighted by molar-refractivity contribution is 0.0990. The van der Waals surface area contributed by atoms with Gasteiger partial charge >= 0.3 is 0 Å². The van der Waals surface area contributed by atoms with Crippen LogP contribution < -0.4 is 19.8 Å². The van der Waals surface area contributed by atoms with Gasteiger partial charge < -0.3 is 24.0 Å². The van der Waals surface area contributed by atoms with Crippen molar-refractivity contribution in [3.8, 4) is 28.7 Å². The Labute approximate surface area is 276 Å². The smallest absolute Gasteiger partial charge is 0.282 e. The normalized spacial score (nSPS) is 13.8. The molecule has 3 aromatic carbocycles. The number of halogens is 2. The van der Waals surface area contributed by atoms with E-state index < -0.39 is 23.0 Å². The molecule has 48 heavy (non-hydrogen) atoms. The van der Waals surface area contributed by atoms with Crippen molar-refractivity contribution >= 4 is 16.7 Å². The first-order valence-corrected chi connectivity index (χ1v) is 15.6. The molecule has 248 valence electrons. The summed E-state index contributed by atoms with van der Waals surface area (Å²) in [4.78, 5) is 35.3. The number of rotatable bonds is 12. The van der Waals surface area contributed by atoms with Gasteiger partial charge in [-0.1, -0.05) is 6.07 Å². The van der Waals surface area contributed by atoms with Gasteiger partial charge in [-0.25, -0.2) is 8.78 Å². The van der Waals surface area contributed by atoms with Crippen LogP contribution in [0.15, 0.2) is 83.9 Å². The number of nitrogens with zero attached hydrogens (tertiary/aromatic N) is 5. The van der Waals surface area contributed by atoms with E-state index in [1.807, 2.05) is 0 Å². The van der Waals surface area contributed by atoms with Crippen molar-refractivity contribution in [2.24, 2.45) is 0 Å². The first-order chi connectivity index (χ1) is 23.3. The van der Waals surface area contributed by atoms with E-state index in [1.54, 1.807) is 37.6 Å². The molecule has 12 heteroatoms. The Bertz CT molecular complexity index is 1980. The molecular weight excluding hydrogens is 620 g/mol. The number of aromatic nitrogens is 3. The number of ether oxygens (including phenoxy) is 3. The SMILES string of the molecule is COc1cc2c(Oc3ccc(CC(=O)c4ccnn(-c5ccc(F)cc5)c4=O)cc3F)ccnc2cc1OCCCN1CCN(C)CC1. The Morgan fingerprint density at radius 3 is 2.42 bits per heavy atom. The quantitative estimate of drug-likeness (QED) is 0.131. The molecule has 1 fully saturated rings. The van der Waals surface area contributed by atoms with Gasteiger partial charge in [0.05, 0.1) is 30.5 Å². The number of fused-ring (bicyclic) bond motifs is 1. The first-order valence-electron chi connectivity index (χ1n) is 15.6. The molecule has 1 aliphatic heterocycles. The van der Waals surface area contributed by atoms with Crippen molar-refractivity contribution in [1.82, 2.24) is 24.6 Å². The number of methoxy groups -OCH3 is 1. The number of likely N-dealkylation sites (N-methyl/N-ethyl adjacent to an activating group) is 1. The lowest BCUT2D eigenvalue weighted by Gasteiger charge is -2.32. The molecule has 2 aromatic heterocycles. The highest BCUT2D eigenvalue weighted by Gasteiger charge is 2.18. The van der Waals surface area contributed by atoms with Gasteiger partial charge in [0.25, 0.3) is 5.56 Å². The summed E-state index contributed by atoms with van der Waals surface area (Å²) < 4.78 is 47.3. The van der Waals surface area contributed by atoms with Gasteiger partial charge in [0, 0.05) is 63.0 Å². The maximum absolute atomic E-state index is 15.3. The Balaban J connectivity index is 1.13. The fourth-order valence-electron chi connectivity index (χ4n) is 5.56. The number of pyridine rings is 1. The second-order valence-corrected chi connectivity index (χ2v) is 11.6. The molecule has 5 aromatic rings. The number of hydrogen-bond donors (Lipinski definition) is 0. The van der Waals surface area contributed by atoms with Crippen molar-refractivity contribution in [3.63, 3.8) is 0 Å². The van der Waals surface area contributed by atoms with E-state index in [9.17, 15) is 14.0 Å². The van der Waals surface area contributed by atoms with Gasteiger partial charge in [0.2, 0.25) is 0 Å². The van der Waals surface area contributed by atoms with Crippen LogP contribution in [0.5, 0.6) is 23.0 Å². The second-order valence-electron chi connectivity index (χ2n) is 11.6. The summed E-state index contributed by atoms with van der Waals surface area (Å²) in [5.74, 6) is -0.292. The van der Waals surface area contributed by atoms with Gasteiger partial charge in [-0.3, -0.25) is 14.6 Å². The van der Waals surface area contributed by atoms with Crippen LogP contribution in [0.25, 0.3) is 16.6 Å². The molecule has 0 saturated carbocycles. The molecule has 0 aliphatic carbocycles. The van der Waals surface area contributed by atoms with Crippen LogP contribution in [-0.4, -0.2) is 83.8 Å². The summed E-state index contributed by atoms with van der Waals surface area (Å²) in [6, 6.07) is 15.8. The van der Waals surface area contributed by atoms with Crippen LogP contribution in [0, 0.1) is 11.6 Å². The third-order valence-electron chi connectivity index (χ3n) is 8.26. The van der Waals surface area contributed by atoms with Gasteiger partial charge in [0.15, 0.2) is 28.8 Å². The molecule has 0 unspecified atom stereocenters. The fourth-order valence-corrected chi connectivity index (χ4v) is 5.56. The molecule has 6 rings (SSSR count). The second kappa shape index (κ2) is 14.7. The van der Waals surface area contributed by atoms with Gasteiger partial charge in [-0.05, 0) is 73.6 Å². The number of piperazine rings is 1. The summed E-state index contributed by atoms with van der Waals surface area (Å²) in [5, 5.41) is 4.60. The Morgan fingerprint density at radius 2 is 1.67 bits per heavy atom. The van der Waals surface area contributed by atoms with Crippen LogP contribution >= 0.6 is 0 Å². The minimum Gasteiger partial charge on any atom is -0.493 e. The summed E-state index contributed by atoms with van der Waals surface area (Å²) in [6.07, 6.45) is 3.53. The predicted octanol–water partition coefficient (Wildman–Crippen LogP) is 5.30. The number of carbonyl (C=O) groups excluding carboxylic acids is 1. The zero-order valence-corrected chi connectivity index (χ0v) is 26.7. The van der Waals surface area contributed by atoms with Gasteiger partial charge in [-0.2, -0.15) is 9.78 Å². The third kappa shape index (κ3) is 7.50. The topological polar surface area (TPSA) is 99.0 Å². The maximum Gasteiger partial charge on any atom is 0.282 e. The lowest BCUT2D eigenvalue weighted by Crippen LogP contribution is -2.44. The van der Waals surface area contributed by atoms with Crippen LogP contribution in [-0.2, 0) is 6.42 Å². The van der Waals surface area contributed by atoms with Crippen LogP contribution in [0.3, 0.4) is 0 Å². The van der Waals surface area contributed by atoms with Gasteiger partial charge in [-0.15, -0.1) is 0 Å². The van der Waals surface area contributed by atoms with Crippen molar-refractivity contribution in [2.75, 3.05) is 53.5 Å². The van der Waals surface area contributed by atoms with E-state index in [4.69, 9.17) is 14.2 Å². The summed E-state index contributed by atoms with van der Waals surface area (Å²) >= 11 is 0. The maximum atomic E-state index is 15.3. The molecule has 1 aliphatic rings. The minimum atomic E-state index is -0.684. The van der Waals surface area contributed by atoms with Crippen LogP contribution in [0.1, 0.15) is 22.3 Å². The predicted molar refractivity (Wildman–Crippen MR) is 177 cm³/mol. The van der Waals surface area contributed by atoms with Crippen LogP contribution in [0.4, 0.5) is 8.78 Å². The zero-order chi connectivity index (χ0) is 33.6. The minimum absolute atomic E-state index is 0.0514. The highest BCUT2D eigenvalue weighted by Crippen LogP contribution is 2.37. The highest BCUT2D eigenvalue weighted by molar-refractivity contribution is 5.97. The van der Waals surface area contributed by atoms with Crippen LogP contribution in [0.2, 0.25) is 0 Å². The van der Waals surface area contributed by atoms with E-state index in [0.717, 1.165) is 43.8 Å². The molecule has 3 heterocycles. The third-order valence-corrected chi connectivity index (χ3v) is 8.26. The molecular formula is C36H35F2N5O5. The molecule has 0 N–H and O–H groups in total. The average Bonchev–Trinajstić information content (AvgIpc) is 3.09.